The second-order valence-electron chi connectivity index (χ2n) is 3.27. The summed E-state index contributed by atoms with van der Waals surface area (Å²) in [4.78, 5) is 0. The highest BCUT2D eigenvalue weighted by atomic mass is 35.5. The number of rotatable bonds is 3. The molecule has 78 valence electrons. The van der Waals surface area contributed by atoms with Gasteiger partial charge in [0, 0.05) is 6.42 Å². The number of aliphatic hydroxyl groups is 2. The molecule has 0 aliphatic heterocycles. The van der Waals surface area contributed by atoms with Gasteiger partial charge in [0.15, 0.2) is 0 Å². The van der Waals surface area contributed by atoms with Crippen molar-refractivity contribution in [2.75, 3.05) is 0 Å². The number of aliphatic hydroxyl groups excluding tert-OH is 2. The molecule has 0 amide bonds. The van der Waals surface area contributed by atoms with Crippen LogP contribution in [0.5, 0.6) is 0 Å². The Hall–Kier alpha value is -0.640. The van der Waals surface area contributed by atoms with Gasteiger partial charge in [-0.1, -0.05) is 17.7 Å². The van der Waals surface area contributed by atoms with E-state index in [1.807, 2.05) is 0 Å². The van der Waals surface area contributed by atoms with Gasteiger partial charge < -0.3 is 10.2 Å². The van der Waals surface area contributed by atoms with E-state index in [9.17, 15) is 9.50 Å². The van der Waals surface area contributed by atoms with Crippen molar-refractivity contribution in [2.45, 2.75) is 25.6 Å². The lowest BCUT2D eigenvalue weighted by Crippen LogP contribution is -2.08. The summed E-state index contributed by atoms with van der Waals surface area (Å²) in [6.07, 6.45) is -1.30. The highest BCUT2D eigenvalue weighted by molar-refractivity contribution is 6.30. The van der Waals surface area contributed by atoms with Gasteiger partial charge >= 0.3 is 0 Å². The molecule has 14 heavy (non-hydrogen) atoms. The van der Waals surface area contributed by atoms with Crippen LogP contribution >= 0.6 is 11.6 Å². The Kier molecular flexibility index (Phi) is 3.86. The number of hydrogen-bond acceptors (Lipinski definition) is 2. The van der Waals surface area contributed by atoms with Crippen LogP contribution in [0, 0.1) is 5.82 Å². The lowest BCUT2D eigenvalue weighted by molar-refractivity contribution is 0.0905. The molecule has 2 nitrogen and oxygen atoms in total. The number of halogens is 2. The average Bonchev–Trinajstić information content (AvgIpc) is 2.08. The summed E-state index contributed by atoms with van der Waals surface area (Å²) >= 11 is 5.49. The van der Waals surface area contributed by atoms with Crippen LogP contribution in [0.3, 0.4) is 0 Å². The predicted molar refractivity (Wildman–Crippen MR) is 52.7 cm³/mol. The molecule has 4 heteroatoms. The summed E-state index contributed by atoms with van der Waals surface area (Å²) < 4.78 is 13.0. The summed E-state index contributed by atoms with van der Waals surface area (Å²) in [5, 5.41) is 18.6. The first-order chi connectivity index (χ1) is 6.50. The van der Waals surface area contributed by atoms with Crippen molar-refractivity contribution < 1.29 is 14.6 Å². The summed E-state index contributed by atoms with van der Waals surface area (Å²) in [6, 6.07) is 4.10. The molecular formula is C10H12ClFO2. The van der Waals surface area contributed by atoms with E-state index >= 15 is 0 Å². The Morgan fingerprint density at radius 2 is 2.07 bits per heavy atom. The second kappa shape index (κ2) is 4.73. The maximum absolute atomic E-state index is 13.0. The minimum atomic E-state index is -0.859. The molecule has 2 N–H and O–H groups in total. The molecule has 0 saturated carbocycles. The van der Waals surface area contributed by atoms with Gasteiger partial charge in [0.1, 0.15) is 5.82 Å². The van der Waals surface area contributed by atoms with Crippen molar-refractivity contribution in [3.8, 4) is 0 Å². The molecule has 0 fully saturated rings. The average molecular weight is 219 g/mol. The topological polar surface area (TPSA) is 40.5 Å². The second-order valence-corrected chi connectivity index (χ2v) is 3.68. The van der Waals surface area contributed by atoms with Gasteiger partial charge in [0.25, 0.3) is 0 Å². The summed E-state index contributed by atoms with van der Waals surface area (Å²) in [7, 11) is 0. The van der Waals surface area contributed by atoms with Crippen LogP contribution in [0.15, 0.2) is 18.2 Å². The third-order valence-corrected chi connectivity index (χ3v) is 2.20. The zero-order valence-electron chi connectivity index (χ0n) is 7.74. The predicted octanol–water partition coefficient (Wildman–Crippen LogP) is 2.28. The van der Waals surface area contributed by atoms with Gasteiger partial charge in [-0.2, -0.15) is 0 Å². The molecule has 0 aromatic heterocycles. The Morgan fingerprint density at radius 3 is 2.57 bits per heavy atom. The molecule has 1 aromatic rings. The Balaban J connectivity index is 2.80. The third kappa shape index (κ3) is 2.94. The third-order valence-electron chi connectivity index (χ3n) is 1.89. The van der Waals surface area contributed by atoms with Crippen LogP contribution in [0.4, 0.5) is 4.39 Å². The summed E-state index contributed by atoms with van der Waals surface area (Å²) in [5.41, 5.74) is 0.424. The van der Waals surface area contributed by atoms with E-state index in [1.165, 1.54) is 12.1 Å². The first-order valence-electron chi connectivity index (χ1n) is 4.31. The Morgan fingerprint density at radius 1 is 1.43 bits per heavy atom. The normalized spacial score (nSPS) is 15.2. The standard InChI is InChI=1S/C10H12ClFO2/c1-6(13)4-10(14)7-2-3-8(11)9(12)5-7/h2-3,5-6,10,13-14H,4H2,1H3/t6-,10-/m1/s1. The van der Waals surface area contributed by atoms with E-state index in [4.69, 9.17) is 16.7 Å². The fourth-order valence-corrected chi connectivity index (χ4v) is 1.30. The SMILES string of the molecule is C[C@@H](O)C[C@@H](O)c1ccc(Cl)c(F)c1. The molecule has 0 radical (unpaired) electrons. The molecule has 1 aromatic carbocycles. The molecule has 0 spiro atoms. The van der Waals surface area contributed by atoms with Gasteiger partial charge in [-0.25, -0.2) is 4.39 Å². The largest absolute Gasteiger partial charge is 0.393 e. The van der Waals surface area contributed by atoms with Crippen molar-refractivity contribution in [3.63, 3.8) is 0 Å². The van der Waals surface area contributed by atoms with Gasteiger partial charge in [-0.3, -0.25) is 0 Å². The quantitative estimate of drug-likeness (QED) is 0.817. The maximum Gasteiger partial charge on any atom is 0.142 e. The summed E-state index contributed by atoms with van der Waals surface area (Å²) in [6.45, 7) is 1.56. The first-order valence-corrected chi connectivity index (χ1v) is 4.69. The van der Waals surface area contributed by atoms with Crippen LogP contribution in [-0.4, -0.2) is 16.3 Å². The highest BCUT2D eigenvalue weighted by Crippen LogP contribution is 2.22. The Labute approximate surface area is 86.9 Å². The molecule has 0 bridgehead atoms. The highest BCUT2D eigenvalue weighted by Gasteiger charge is 2.12. The fraction of sp³-hybridized carbons (Fsp3) is 0.400. The maximum atomic E-state index is 13.0. The van der Waals surface area contributed by atoms with Crippen LogP contribution < -0.4 is 0 Å². The van der Waals surface area contributed by atoms with E-state index in [-0.39, 0.29) is 11.4 Å². The van der Waals surface area contributed by atoms with E-state index in [2.05, 4.69) is 0 Å². The minimum Gasteiger partial charge on any atom is -0.393 e. The number of hydrogen-bond donors (Lipinski definition) is 2. The molecule has 0 saturated heterocycles. The molecule has 0 heterocycles. The zero-order chi connectivity index (χ0) is 10.7. The van der Waals surface area contributed by atoms with Crippen molar-refractivity contribution in [3.05, 3.63) is 34.6 Å². The smallest absolute Gasteiger partial charge is 0.142 e. The van der Waals surface area contributed by atoms with E-state index in [0.717, 1.165) is 0 Å². The van der Waals surface area contributed by atoms with Crippen molar-refractivity contribution in [1.29, 1.82) is 0 Å². The lowest BCUT2D eigenvalue weighted by Gasteiger charge is -2.12. The van der Waals surface area contributed by atoms with Gasteiger partial charge in [0.2, 0.25) is 0 Å². The molecule has 1 rings (SSSR count). The van der Waals surface area contributed by atoms with Gasteiger partial charge in [0.05, 0.1) is 17.2 Å². The molecule has 2 atom stereocenters. The van der Waals surface area contributed by atoms with E-state index < -0.39 is 18.0 Å². The van der Waals surface area contributed by atoms with Crippen LogP contribution in [0.25, 0.3) is 0 Å². The van der Waals surface area contributed by atoms with Crippen LogP contribution in [0.1, 0.15) is 25.0 Å². The van der Waals surface area contributed by atoms with Gasteiger partial charge in [-0.15, -0.1) is 0 Å². The van der Waals surface area contributed by atoms with Crippen molar-refractivity contribution in [2.24, 2.45) is 0 Å². The molecule has 0 aliphatic carbocycles. The van der Waals surface area contributed by atoms with Crippen LogP contribution in [0.2, 0.25) is 5.02 Å². The first kappa shape index (κ1) is 11.4. The van der Waals surface area contributed by atoms with Crippen molar-refractivity contribution in [1.82, 2.24) is 0 Å². The molecule has 0 unspecified atom stereocenters. The van der Waals surface area contributed by atoms with E-state index in [0.29, 0.717) is 5.56 Å². The molecule has 0 aliphatic rings. The van der Waals surface area contributed by atoms with E-state index in [1.54, 1.807) is 13.0 Å². The summed E-state index contributed by atoms with van der Waals surface area (Å²) in [5.74, 6) is -0.561. The zero-order valence-corrected chi connectivity index (χ0v) is 8.50. The lowest BCUT2D eigenvalue weighted by atomic mass is 10.0. The Bertz CT molecular complexity index is 315. The molecular weight excluding hydrogens is 207 g/mol. The monoisotopic (exact) mass is 218 g/mol. The van der Waals surface area contributed by atoms with Crippen molar-refractivity contribution >= 4 is 11.6 Å². The van der Waals surface area contributed by atoms with Gasteiger partial charge in [-0.05, 0) is 24.6 Å². The van der Waals surface area contributed by atoms with Crippen LogP contribution in [-0.2, 0) is 0 Å². The minimum absolute atomic E-state index is 0.0259. The number of benzene rings is 1. The fourth-order valence-electron chi connectivity index (χ4n) is 1.18.